The van der Waals surface area contributed by atoms with Crippen molar-refractivity contribution in [3.8, 4) is 0 Å². The number of fused-ring (bicyclic) bond motifs is 1. The maximum absolute atomic E-state index is 7.12. The minimum Gasteiger partial charge on any atom is -0.430 e. The predicted molar refractivity (Wildman–Crippen MR) is 60.3 cm³/mol. The first-order chi connectivity index (χ1) is 6.79. The molecule has 2 N–H and O–H groups in total. The first-order valence-electron chi connectivity index (χ1n) is 4.45. The maximum Gasteiger partial charge on any atom is 0.432 e. The zero-order valence-corrected chi connectivity index (χ0v) is 8.14. The summed E-state index contributed by atoms with van der Waals surface area (Å²) in [6.07, 6.45) is 0. The van der Waals surface area contributed by atoms with Crippen molar-refractivity contribution in [3.63, 3.8) is 0 Å². The number of benzene rings is 2. The quantitative estimate of drug-likeness (QED) is 0.613. The van der Waals surface area contributed by atoms with Crippen molar-refractivity contribution in [1.29, 1.82) is 0 Å². The molecule has 0 aliphatic rings. The summed E-state index contributed by atoms with van der Waals surface area (Å²) in [4.78, 5) is 0. The molecule has 2 aromatic rings. The summed E-state index contributed by atoms with van der Waals surface area (Å²) >= 11 is 0. The van der Waals surface area contributed by atoms with Crippen LogP contribution in [-0.4, -0.2) is 17.7 Å². The van der Waals surface area contributed by atoms with Crippen LogP contribution in [-0.2, 0) is 0 Å². The largest absolute Gasteiger partial charge is 0.432 e. The van der Waals surface area contributed by atoms with Gasteiger partial charge in [0, 0.05) is 0 Å². The highest BCUT2D eigenvalue weighted by Gasteiger charge is 1.91. The minimum atomic E-state index is -0.750. The predicted octanol–water partition coefficient (Wildman–Crippen LogP) is 1.39. The fraction of sp³-hybridized carbons (Fsp3) is 0.0909. The van der Waals surface area contributed by atoms with Gasteiger partial charge in [0.25, 0.3) is 0 Å². The van der Waals surface area contributed by atoms with Gasteiger partial charge in [0.1, 0.15) is 0 Å². The summed E-state index contributed by atoms with van der Waals surface area (Å²) in [5, 5.41) is 16.9. The lowest BCUT2D eigenvalue weighted by atomic mass is 10.1. The normalized spacial score (nSPS) is 9.07. The van der Waals surface area contributed by atoms with Crippen LogP contribution in [0.5, 0.6) is 0 Å². The average molecular weight is 188 g/mol. The van der Waals surface area contributed by atoms with Crippen molar-refractivity contribution in [1.82, 2.24) is 0 Å². The van der Waals surface area contributed by atoms with Crippen LogP contribution in [0.3, 0.4) is 0 Å². The molecule has 2 rings (SSSR count). The molecule has 2 nitrogen and oxygen atoms in total. The Bertz CT molecular complexity index is 396. The molecule has 0 radical (unpaired) electrons. The summed E-state index contributed by atoms with van der Waals surface area (Å²) in [6.45, 7) is 2.14. The highest BCUT2D eigenvalue weighted by Crippen LogP contribution is 2.16. The van der Waals surface area contributed by atoms with E-state index in [1.807, 2.05) is 0 Å². The Morgan fingerprint density at radius 2 is 1.50 bits per heavy atom. The average Bonchev–Trinajstić information content (AvgIpc) is 2.20. The topological polar surface area (TPSA) is 40.5 Å². The third-order valence-electron chi connectivity index (χ3n) is 2.01. The van der Waals surface area contributed by atoms with Crippen LogP contribution in [0.2, 0.25) is 0 Å². The van der Waals surface area contributed by atoms with Crippen LogP contribution in [0.25, 0.3) is 10.8 Å². The molecule has 3 heteroatoms. The zero-order chi connectivity index (χ0) is 10.4. The second-order valence-corrected chi connectivity index (χ2v) is 2.94. The van der Waals surface area contributed by atoms with E-state index in [1.54, 1.807) is 0 Å². The molecule has 0 saturated heterocycles. The molecule has 14 heavy (non-hydrogen) atoms. The number of hydrogen-bond donors (Lipinski definition) is 2. The molecule has 0 spiro atoms. The van der Waals surface area contributed by atoms with Gasteiger partial charge in [-0.25, -0.2) is 0 Å². The fourth-order valence-corrected chi connectivity index (χ4v) is 1.39. The lowest BCUT2D eigenvalue weighted by Crippen LogP contribution is -1.75. The van der Waals surface area contributed by atoms with Crippen molar-refractivity contribution in [2.45, 2.75) is 6.92 Å². The van der Waals surface area contributed by atoms with Gasteiger partial charge < -0.3 is 10.0 Å². The highest BCUT2D eigenvalue weighted by atomic mass is 16.4. The summed E-state index contributed by atoms with van der Waals surface area (Å²) in [6, 6.07) is 14.8. The molecule has 0 aliphatic heterocycles. The van der Waals surface area contributed by atoms with Gasteiger partial charge in [0.15, 0.2) is 0 Å². The Kier molecular flexibility index (Phi) is 4.17. The van der Waals surface area contributed by atoms with E-state index in [1.165, 1.54) is 16.3 Å². The second-order valence-electron chi connectivity index (χ2n) is 2.94. The van der Waals surface area contributed by atoms with Crippen LogP contribution in [0.4, 0.5) is 0 Å². The SMILES string of the molecule is Cc1cccc2ccccc12.OBO. The van der Waals surface area contributed by atoms with E-state index in [9.17, 15) is 0 Å². The molecule has 0 saturated carbocycles. The zero-order valence-electron chi connectivity index (χ0n) is 8.14. The van der Waals surface area contributed by atoms with Crippen molar-refractivity contribution in [2.24, 2.45) is 0 Å². The van der Waals surface area contributed by atoms with E-state index in [0.29, 0.717) is 0 Å². The van der Waals surface area contributed by atoms with E-state index < -0.39 is 7.69 Å². The molecule has 0 atom stereocenters. The van der Waals surface area contributed by atoms with E-state index in [-0.39, 0.29) is 0 Å². The van der Waals surface area contributed by atoms with Crippen LogP contribution in [0.15, 0.2) is 42.5 Å². The van der Waals surface area contributed by atoms with Gasteiger partial charge in [-0.15, -0.1) is 0 Å². The van der Waals surface area contributed by atoms with E-state index in [2.05, 4.69) is 49.4 Å². The monoisotopic (exact) mass is 188 g/mol. The van der Waals surface area contributed by atoms with Crippen LogP contribution >= 0.6 is 0 Å². The fourth-order valence-electron chi connectivity index (χ4n) is 1.39. The van der Waals surface area contributed by atoms with Gasteiger partial charge in [-0.2, -0.15) is 0 Å². The second kappa shape index (κ2) is 5.42. The molecule has 0 bridgehead atoms. The number of aryl methyl sites for hydroxylation is 1. The third-order valence-corrected chi connectivity index (χ3v) is 2.01. The van der Waals surface area contributed by atoms with Crippen molar-refractivity contribution < 1.29 is 10.0 Å². The summed E-state index contributed by atoms with van der Waals surface area (Å²) < 4.78 is 0. The van der Waals surface area contributed by atoms with E-state index in [4.69, 9.17) is 10.0 Å². The van der Waals surface area contributed by atoms with Crippen LogP contribution in [0, 0.1) is 6.92 Å². The maximum atomic E-state index is 7.12. The summed E-state index contributed by atoms with van der Waals surface area (Å²) in [5.41, 5.74) is 1.35. The molecule has 0 heterocycles. The Balaban J connectivity index is 0.000000293. The van der Waals surface area contributed by atoms with Crippen molar-refractivity contribution in [3.05, 3.63) is 48.0 Å². The first kappa shape index (κ1) is 10.8. The lowest BCUT2D eigenvalue weighted by Gasteiger charge is -1.98. The van der Waals surface area contributed by atoms with Gasteiger partial charge in [0.05, 0.1) is 0 Å². The lowest BCUT2D eigenvalue weighted by molar-refractivity contribution is 0.448. The van der Waals surface area contributed by atoms with Gasteiger partial charge in [-0.05, 0) is 23.3 Å². The van der Waals surface area contributed by atoms with Crippen LogP contribution in [0.1, 0.15) is 5.56 Å². The molecule has 2 aromatic carbocycles. The molecule has 72 valence electrons. The summed E-state index contributed by atoms with van der Waals surface area (Å²) in [7, 11) is -0.750. The van der Waals surface area contributed by atoms with Gasteiger partial charge in [-0.1, -0.05) is 42.5 Å². The molecule has 0 amide bonds. The molecular weight excluding hydrogens is 175 g/mol. The molecular formula is C11H13BO2. The third kappa shape index (κ3) is 2.59. The van der Waals surface area contributed by atoms with Crippen molar-refractivity contribution >= 4 is 18.5 Å². The summed E-state index contributed by atoms with van der Waals surface area (Å²) in [5.74, 6) is 0. The highest BCUT2D eigenvalue weighted by molar-refractivity contribution is 6.13. The molecule has 0 aliphatic carbocycles. The van der Waals surface area contributed by atoms with Gasteiger partial charge >= 0.3 is 7.69 Å². The molecule has 0 fully saturated rings. The Labute approximate surface area is 84.1 Å². The van der Waals surface area contributed by atoms with E-state index >= 15 is 0 Å². The Morgan fingerprint density at radius 1 is 0.929 bits per heavy atom. The van der Waals surface area contributed by atoms with Gasteiger partial charge in [0.2, 0.25) is 0 Å². The van der Waals surface area contributed by atoms with Gasteiger partial charge in [-0.3, -0.25) is 0 Å². The van der Waals surface area contributed by atoms with E-state index in [0.717, 1.165) is 0 Å². The Hall–Kier alpha value is -1.32. The molecule has 0 aromatic heterocycles. The number of hydrogen-bond acceptors (Lipinski definition) is 2. The smallest absolute Gasteiger partial charge is 0.430 e. The Morgan fingerprint density at radius 3 is 2.14 bits per heavy atom. The number of rotatable bonds is 0. The van der Waals surface area contributed by atoms with Crippen molar-refractivity contribution in [2.75, 3.05) is 0 Å². The molecule has 0 unspecified atom stereocenters. The van der Waals surface area contributed by atoms with Crippen LogP contribution < -0.4 is 0 Å². The minimum absolute atomic E-state index is 0.750. The standard InChI is InChI=1S/C11H10.BH3O2/c1-9-5-4-7-10-6-2-3-8-11(9)10;2-1-3/h2-8H,1H3;1-3H. The first-order valence-corrected chi connectivity index (χ1v) is 4.45.